The number of amides is 1. The molecule has 3 rings (SSSR count). The van der Waals surface area contributed by atoms with Crippen molar-refractivity contribution in [3.05, 3.63) is 29.8 Å². The molecule has 4 heteroatoms. The van der Waals surface area contributed by atoms with Gasteiger partial charge in [0, 0.05) is 6.54 Å². The zero-order valence-corrected chi connectivity index (χ0v) is 13.5. The molecule has 0 heterocycles. The number of primary amides is 1. The Bertz CT molecular complexity index is 539. The van der Waals surface area contributed by atoms with Crippen LogP contribution in [-0.2, 0) is 11.3 Å². The lowest BCUT2D eigenvalue weighted by molar-refractivity contribution is -0.123. The first-order chi connectivity index (χ1) is 10.4. The van der Waals surface area contributed by atoms with Gasteiger partial charge in [0.15, 0.2) is 0 Å². The minimum absolute atomic E-state index is 0.344. The average Bonchev–Trinajstić information content (AvgIpc) is 3.09. The second kappa shape index (κ2) is 5.92. The number of fused-ring (bicyclic) bond motifs is 2. The van der Waals surface area contributed by atoms with E-state index in [1.807, 2.05) is 24.3 Å². The molecule has 0 spiro atoms. The van der Waals surface area contributed by atoms with Crippen molar-refractivity contribution in [2.24, 2.45) is 17.6 Å². The Morgan fingerprint density at radius 2 is 2.00 bits per heavy atom. The van der Waals surface area contributed by atoms with Gasteiger partial charge in [0.2, 0.25) is 5.91 Å². The molecule has 4 nitrogen and oxygen atoms in total. The van der Waals surface area contributed by atoms with Crippen LogP contribution in [0.25, 0.3) is 0 Å². The summed E-state index contributed by atoms with van der Waals surface area (Å²) in [5.74, 6) is 2.27. The third kappa shape index (κ3) is 3.27. The summed E-state index contributed by atoms with van der Waals surface area (Å²) in [4.78, 5) is 11.3. The third-order valence-electron chi connectivity index (χ3n) is 5.23. The zero-order chi connectivity index (χ0) is 15.7. The normalized spacial score (nSPS) is 27.1. The molecular formula is C18H26N2O2. The van der Waals surface area contributed by atoms with E-state index in [-0.39, 0.29) is 5.91 Å². The van der Waals surface area contributed by atoms with E-state index in [9.17, 15) is 4.79 Å². The molecule has 2 saturated carbocycles. The predicted octanol–water partition coefficient (Wildman–Crippen LogP) is 2.61. The average molecular weight is 302 g/mol. The molecule has 1 aromatic rings. The Labute approximate surface area is 132 Å². The van der Waals surface area contributed by atoms with Crippen molar-refractivity contribution in [2.45, 2.75) is 57.7 Å². The number of ether oxygens (including phenoxy) is 1. The first-order valence-corrected chi connectivity index (χ1v) is 8.24. The summed E-state index contributed by atoms with van der Waals surface area (Å²) in [5, 5.41) is 3.17. The molecule has 1 aromatic carbocycles. The largest absolute Gasteiger partial charge is 0.490 e. The summed E-state index contributed by atoms with van der Waals surface area (Å²) < 4.78 is 6.15. The van der Waals surface area contributed by atoms with E-state index in [0.29, 0.717) is 12.6 Å². The van der Waals surface area contributed by atoms with Crippen molar-refractivity contribution >= 4 is 5.91 Å². The van der Waals surface area contributed by atoms with Gasteiger partial charge >= 0.3 is 0 Å². The van der Waals surface area contributed by atoms with Crippen LogP contribution in [0.1, 0.15) is 45.1 Å². The number of hydrogen-bond donors (Lipinski definition) is 2. The third-order valence-corrected chi connectivity index (χ3v) is 5.23. The summed E-state index contributed by atoms with van der Waals surface area (Å²) >= 11 is 0. The number of nitrogens with two attached hydrogens (primary N) is 1. The van der Waals surface area contributed by atoms with Gasteiger partial charge in [-0.15, -0.1) is 0 Å². The van der Waals surface area contributed by atoms with E-state index in [2.05, 4.69) is 5.32 Å². The van der Waals surface area contributed by atoms with E-state index in [4.69, 9.17) is 10.5 Å². The maximum absolute atomic E-state index is 11.3. The summed E-state index contributed by atoms with van der Waals surface area (Å²) in [5.41, 5.74) is 5.78. The summed E-state index contributed by atoms with van der Waals surface area (Å²) in [6.45, 7) is 4.20. The van der Waals surface area contributed by atoms with Crippen LogP contribution >= 0.6 is 0 Å². The quantitative estimate of drug-likeness (QED) is 0.849. The Hall–Kier alpha value is -1.55. The number of carbonyl (C=O) groups is 1. The SMILES string of the molecule is CC(C)(NCc1ccc(OC2CC3CCC2C3)cc1)C(N)=O. The lowest BCUT2D eigenvalue weighted by Crippen LogP contribution is -2.50. The zero-order valence-electron chi connectivity index (χ0n) is 13.5. The van der Waals surface area contributed by atoms with Crippen molar-refractivity contribution in [1.82, 2.24) is 5.32 Å². The van der Waals surface area contributed by atoms with Crippen molar-refractivity contribution in [1.29, 1.82) is 0 Å². The van der Waals surface area contributed by atoms with E-state index < -0.39 is 5.54 Å². The highest BCUT2D eigenvalue weighted by atomic mass is 16.5. The molecule has 0 aromatic heterocycles. The number of rotatable bonds is 6. The molecule has 3 unspecified atom stereocenters. The first kappa shape index (κ1) is 15.3. The first-order valence-electron chi connectivity index (χ1n) is 8.24. The standard InChI is InChI=1S/C18H26N2O2/c1-18(2,17(19)21)20-11-12-4-7-15(8-5-12)22-16-10-13-3-6-14(16)9-13/h4-5,7-8,13-14,16,20H,3,6,9-11H2,1-2H3,(H2,19,21). The van der Waals surface area contributed by atoms with Crippen LogP contribution in [0.2, 0.25) is 0 Å². The lowest BCUT2D eigenvalue weighted by atomic mass is 9.98. The molecule has 3 atom stereocenters. The van der Waals surface area contributed by atoms with Crippen molar-refractivity contribution in [2.75, 3.05) is 0 Å². The Balaban J connectivity index is 1.53. The molecule has 2 aliphatic carbocycles. The molecule has 3 N–H and O–H groups in total. The molecule has 1 amide bonds. The molecule has 2 bridgehead atoms. The summed E-state index contributed by atoms with van der Waals surface area (Å²) in [6.07, 6.45) is 5.72. The Morgan fingerprint density at radius 1 is 1.27 bits per heavy atom. The van der Waals surface area contributed by atoms with Crippen LogP contribution in [0.15, 0.2) is 24.3 Å². The fourth-order valence-corrected chi connectivity index (χ4v) is 3.60. The lowest BCUT2D eigenvalue weighted by Gasteiger charge is -2.24. The summed E-state index contributed by atoms with van der Waals surface area (Å²) in [6, 6.07) is 8.15. The molecule has 0 aliphatic heterocycles. The van der Waals surface area contributed by atoms with E-state index in [0.717, 1.165) is 23.1 Å². The second-order valence-corrected chi connectivity index (χ2v) is 7.32. The highest BCUT2D eigenvalue weighted by Crippen LogP contribution is 2.45. The molecular weight excluding hydrogens is 276 g/mol. The molecule has 2 aliphatic rings. The molecule has 22 heavy (non-hydrogen) atoms. The molecule has 120 valence electrons. The highest BCUT2D eigenvalue weighted by Gasteiger charge is 2.40. The van der Waals surface area contributed by atoms with Gasteiger partial charge in [-0.3, -0.25) is 10.1 Å². The van der Waals surface area contributed by atoms with Crippen molar-refractivity contribution < 1.29 is 9.53 Å². The van der Waals surface area contributed by atoms with E-state index >= 15 is 0 Å². The van der Waals surface area contributed by atoms with Crippen LogP contribution in [0.3, 0.4) is 0 Å². The van der Waals surface area contributed by atoms with Gasteiger partial charge in [0.25, 0.3) is 0 Å². The van der Waals surface area contributed by atoms with Gasteiger partial charge in [0.1, 0.15) is 11.9 Å². The fourth-order valence-electron chi connectivity index (χ4n) is 3.60. The highest BCUT2D eigenvalue weighted by molar-refractivity contribution is 5.83. The number of hydrogen-bond acceptors (Lipinski definition) is 3. The van der Waals surface area contributed by atoms with Crippen LogP contribution < -0.4 is 15.8 Å². The van der Waals surface area contributed by atoms with Crippen LogP contribution in [0.5, 0.6) is 5.75 Å². The number of nitrogens with one attached hydrogen (secondary N) is 1. The van der Waals surface area contributed by atoms with E-state index in [1.165, 1.54) is 25.7 Å². The smallest absolute Gasteiger partial charge is 0.237 e. The maximum Gasteiger partial charge on any atom is 0.237 e. The molecule has 0 radical (unpaired) electrons. The minimum Gasteiger partial charge on any atom is -0.490 e. The maximum atomic E-state index is 11.3. The van der Waals surface area contributed by atoms with Gasteiger partial charge in [0.05, 0.1) is 5.54 Å². The number of benzene rings is 1. The van der Waals surface area contributed by atoms with Gasteiger partial charge < -0.3 is 10.5 Å². The van der Waals surface area contributed by atoms with Crippen LogP contribution in [0, 0.1) is 11.8 Å². The second-order valence-electron chi connectivity index (χ2n) is 7.32. The van der Waals surface area contributed by atoms with Crippen molar-refractivity contribution in [3.63, 3.8) is 0 Å². The van der Waals surface area contributed by atoms with Crippen molar-refractivity contribution in [3.8, 4) is 5.75 Å². The topological polar surface area (TPSA) is 64.3 Å². The fraction of sp³-hybridized carbons (Fsp3) is 0.611. The summed E-state index contributed by atoms with van der Waals surface area (Å²) in [7, 11) is 0. The van der Waals surface area contributed by atoms with Crippen LogP contribution in [0.4, 0.5) is 0 Å². The number of carbonyl (C=O) groups excluding carboxylic acids is 1. The van der Waals surface area contributed by atoms with Gasteiger partial charge in [-0.2, -0.15) is 0 Å². The van der Waals surface area contributed by atoms with E-state index in [1.54, 1.807) is 13.8 Å². The molecule has 2 fully saturated rings. The van der Waals surface area contributed by atoms with Crippen LogP contribution in [-0.4, -0.2) is 17.6 Å². The Morgan fingerprint density at radius 3 is 2.55 bits per heavy atom. The Kier molecular flexibility index (Phi) is 4.13. The molecule has 0 saturated heterocycles. The minimum atomic E-state index is -0.696. The monoisotopic (exact) mass is 302 g/mol. The van der Waals surface area contributed by atoms with Gasteiger partial charge in [-0.05, 0) is 69.1 Å². The van der Waals surface area contributed by atoms with Gasteiger partial charge in [-0.1, -0.05) is 12.1 Å². The van der Waals surface area contributed by atoms with Gasteiger partial charge in [-0.25, -0.2) is 0 Å². The predicted molar refractivity (Wildman–Crippen MR) is 86.4 cm³/mol.